The molecule has 184 valence electrons. The number of anilines is 1. The second-order valence-corrected chi connectivity index (χ2v) is 10.3. The van der Waals surface area contributed by atoms with E-state index in [0.717, 1.165) is 42.9 Å². The predicted octanol–water partition coefficient (Wildman–Crippen LogP) is 6.53. The molecule has 2 heterocycles. The summed E-state index contributed by atoms with van der Waals surface area (Å²) in [6, 6.07) is 25.9. The van der Waals surface area contributed by atoms with Gasteiger partial charge in [-0.1, -0.05) is 47.1 Å². The highest BCUT2D eigenvalue weighted by molar-refractivity contribution is 7.98. The van der Waals surface area contributed by atoms with Gasteiger partial charge in [0.15, 0.2) is 0 Å². The van der Waals surface area contributed by atoms with Crippen LogP contribution in [0.25, 0.3) is 11.4 Å². The topological polar surface area (TPSA) is 71.3 Å². The van der Waals surface area contributed by atoms with Gasteiger partial charge < -0.3 is 9.84 Å². The molecule has 1 amide bonds. The van der Waals surface area contributed by atoms with Crippen molar-refractivity contribution in [3.63, 3.8) is 0 Å². The van der Waals surface area contributed by atoms with Crippen molar-refractivity contribution in [2.24, 2.45) is 5.92 Å². The van der Waals surface area contributed by atoms with Crippen LogP contribution in [0, 0.1) is 5.92 Å². The molecule has 0 bridgehead atoms. The molecule has 3 aromatic carbocycles. The Kier molecular flexibility index (Phi) is 8.01. The van der Waals surface area contributed by atoms with Gasteiger partial charge in [-0.3, -0.25) is 9.69 Å². The Morgan fingerprint density at radius 3 is 2.44 bits per heavy atom. The lowest BCUT2D eigenvalue weighted by molar-refractivity contribution is -0.121. The van der Waals surface area contributed by atoms with Gasteiger partial charge in [-0.25, -0.2) is 0 Å². The number of nitrogens with zero attached hydrogens (tertiary/aromatic N) is 3. The first-order valence-corrected chi connectivity index (χ1v) is 13.4. The third kappa shape index (κ3) is 6.55. The Morgan fingerprint density at radius 1 is 1.00 bits per heavy atom. The summed E-state index contributed by atoms with van der Waals surface area (Å²) in [5.74, 6) is 2.12. The Balaban J connectivity index is 1.07. The number of carbonyl (C=O) groups excluding carboxylic acids is 1. The first-order chi connectivity index (χ1) is 17.6. The third-order valence-electron chi connectivity index (χ3n) is 6.26. The molecule has 1 N–H and O–H groups in total. The Labute approximate surface area is 220 Å². The summed E-state index contributed by atoms with van der Waals surface area (Å²) in [7, 11) is 0. The number of benzene rings is 3. The molecule has 0 atom stereocenters. The lowest BCUT2D eigenvalue weighted by Gasteiger charge is -2.30. The maximum Gasteiger partial charge on any atom is 0.241 e. The molecule has 36 heavy (non-hydrogen) atoms. The zero-order valence-electron chi connectivity index (χ0n) is 19.8. The van der Waals surface area contributed by atoms with Crippen LogP contribution in [-0.4, -0.2) is 34.0 Å². The molecular weight excluding hydrogens is 492 g/mol. The molecule has 0 unspecified atom stereocenters. The number of aromatic nitrogens is 2. The summed E-state index contributed by atoms with van der Waals surface area (Å²) in [5, 5.41) is 7.84. The molecule has 0 spiro atoms. The minimum absolute atomic E-state index is 0.00174. The van der Waals surface area contributed by atoms with Gasteiger partial charge in [0.05, 0.1) is 6.54 Å². The van der Waals surface area contributed by atoms with E-state index in [1.807, 2.05) is 42.5 Å². The lowest BCUT2D eigenvalue weighted by atomic mass is 9.96. The molecule has 1 aromatic heterocycles. The molecule has 5 rings (SSSR count). The number of piperidine rings is 1. The van der Waals surface area contributed by atoms with Crippen molar-refractivity contribution >= 4 is 35.0 Å². The van der Waals surface area contributed by atoms with Gasteiger partial charge >= 0.3 is 0 Å². The minimum atomic E-state index is 0.00174. The maximum atomic E-state index is 12.8. The van der Waals surface area contributed by atoms with Gasteiger partial charge in [0, 0.05) is 32.8 Å². The average molecular weight is 519 g/mol. The van der Waals surface area contributed by atoms with Crippen molar-refractivity contribution in [1.29, 1.82) is 0 Å². The van der Waals surface area contributed by atoms with Crippen molar-refractivity contribution < 1.29 is 9.32 Å². The quantitative estimate of drug-likeness (QED) is 0.267. The van der Waals surface area contributed by atoms with Gasteiger partial charge in [0.1, 0.15) is 0 Å². The van der Waals surface area contributed by atoms with E-state index in [4.69, 9.17) is 16.1 Å². The summed E-state index contributed by atoms with van der Waals surface area (Å²) in [6.07, 6.45) is 1.60. The van der Waals surface area contributed by atoms with Gasteiger partial charge in [-0.2, -0.15) is 4.98 Å². The van der Waals surface area contributed by atoms with E-state index >= 15 is 0 Å². The van der Waals surface area contributed by atoms with E-state index < -0.39 is 0 Å². The molecule has 1 saturated heterocycles. The zero-order valence-corrected chi connectivity index (χ0v) is 21.3. The number of likely N-dealkylation sites (tertiary alicyclic amines) is 1. The number of rotatable bonds is 8. The number of thioether (sulfide) groups is 1. The summed E-state index contributed by atoms with van der Waals surface area (Å²) >= 11 is 7.75. The van der Waals surface area contributed by atoms with Crippen LogP contribution in [0.1, 0.15) is 24.3 Å². The van der Waals surface area contributed by atoms with E-state index in [9.17, 15) is 4.79 Å². The predicted molar refractivity (Wildman–Crippen MR) is 144 cm³/mol. The fourth-order valence-electron chi connectivity index (χ4n) is 4.19. The molecule has 6 nitrogen and oxygen atoms in total. The SMILES string of the molecule is O=C(Nc1ccc(CSc2ccccc2)cc1)C1CCN(Cc2nc(-c3ccc(Cl)cc3)no2)CC1. The number of halogens is 1. The van der Waals surface area contributed by atoms with Crippen molar-refractivity contribution in [3.8, 4) is 11.4 Å². The first-order valence-electron chi connectivity index (χ1n) is 12.0. The van der Waals surface area contributed by atoms with Crippen LogP contribution in [0.3, 0.4) is 0 Å². The standard InChI is InChI=1S/C28H27ClN4O2S/c29-23-10-8-21(9-11-23)27-31-26(35-32-27)18-33-16-14-22(15-17-33)28(34)30-24-12-6-20(7-13-24)19-36-25-4-2-1-3-5-25/h1-13,22H,14-19H2,(H,30,34). The highest BCUT2D eigenvalue weighted by Gasteiger charge is 2.26. The van der Waals surface area contributed by atoms with Gasteiger partial charge in [0.2, 0.25) is 17.6 Å². The van der Waals surface area contributed by atoms with Crippen LogP contribution in [0.2, 0.25) is 5.02 Å². The van der Waals surface area contributed by atoms with E-state index in [0.29, 0.717) is 23.3 Å². The molecule has 8 heteroatoms. The van der Waals surface area contributed by atoms with Crippen molar-refractivity contribution in [1.82, 2.24) is 15.0 Å². The number of hydrogen-bond acceptors (Lipinski definition) is 6. The Morgan fingerprint density at radius 2 is 1.72 bits per heavy atom. The Hall–Kier alpha value is -3.13. The largest absolute Gasteiger partial charge is 0.338 e. The van der Waals surface area contributed by atoms with Crippen LogP contribution in [0.5, 0.6) is 0 Å². The van der Waals surface area contributed by atoms with E-state index in [2.05, 4.69) is 56.8 Å². The molecule has 1 aliphatic rings. The lowest BCUT2D eigenvalue weighted by Crippen LogP contribution is -2.37. The van der Waals surface area contributed by atoms with Crippen molar-refractivity contribution in [3.05, 3.63) is 95.3 Å². The van der Waals surface area contributed by atoms with Crippen molar-refractivity contribution in [2.75, 3.05) is 18.4 Å². The van der Waals surface area contributed by atoms with Crippen molar-refractivity contribution in [2.45, 2.75) is 30.0 Å². The fraction of sp³-hybridized carbons (Fsp3) is 0.250. The normalized spacial score (nSPS) is 14.6. The monoisotopic (exact) mass is 518 g/mol. The van der Waals surface area contributed by atoms with E-state index in [-0.39, 0.29) is 11.8 Å². The minimum Gasteiger partial charge on any atom is -0.338 e. The van der Waals surface area contributed by atoms with E-state index in [1.54, 1.807) is 11.8 Å². The highest BCUT2D eigenvalue weighted by atomic mass is 35.5. The number of carbonyl (C=O) groups is 1. The second kappa shape index (κ2) is 11.7. The molecular formula is C28H27ClN4O2S. The highest BCUT2D eigenvalue weighted by Crippen LogP contribution is 2.25. The fourth-order valence-corrected chi connectivity index (χ4v) is 5.19. The maximum absolute atomic E-state index is 12.8. The Bertz CT molecular complexity index is 1270. The second-order valence-electron chi connectivity index (χ2n) is 8.86. The summed E-state index contributed by atoms with van der Waals surface area (Å²) < 4.78 is 5.44. The molecule has 1 fully saturated rings. The molecule has 1 aliphatic heterocycles. The van der Waals surface area contributed by atoms with Crippen LogP contribution in [0.4, 0.5) is 5.69 Å². The molecule has 4 aromatic rings. The number of amides is 1. The summed E-state index contributed by atoms with van der Waals surface area (Å²) in [5.41, 5.74) is 2.94. The molecule has 0 saturated carbocycles. The van der Waals surface area contributed by atoms with E-state index in [1.165, 1.54) is 10.5 Å². The molecule has 0 radical (unpaired) electrons. The molecule has 0 aliphatic carbocycles. The smallest absolute Gasteiger partial charge is 0.241 e. The number of nitrogens with one attached hydrogen (secondary N) is 1. The van der Waals surface area contributed by atoms with Crippen LogP contribution < -0.4 is 5.32 Å². The van der Waals surface area contributed by atoms with Gasteiger partial charge in [-0.05, 0) is 80.0 Å². The average Bonchev–Trinajstić information content (AvgIpc) is 3.38. The van der Waals surface area contributed by atoms with Gasteiger partial charge in [-0.15, -0.1) is 11.8 Å². The third-order valence-corrected chi connectivity index (χ3v) is 7.59. The van der Waals surface area contributed by atoms with Gasteiger partial charge in [0.25, 0.3) is 0 Å². The number of hydrogen-bond donors (Lipinski definition) is 1. The summed E-state index contributed by atoms with van der Waals surface area (Å²) in [4.78, 5) is 20.8. The van der Waals surface area contributed by atoms with Crippen LogP contribution >= 0.6 is 23.4 Å². The summed E-state index contributed by atoms with van der Waals surface area (Å²) in [6.45, 7) is 2.20. The van der Waals surface area contributed by atoms with Crippen LogP contribution in [-0.2, 0) is 17.1 Å². The first kappa shape index (κ1) is 24.6. The van der Waals surface area contributed by atoms with Crippen LogP contribution in [0.15, 0.2) is 88.3 Å². The zero-order chi connectivity index (χ0) is 24.7.